The van der Waals surface area contributed by atoms with Crippen molar-refractivity contribution in [3.63, 3.8) is 0 Å². The van der Waals surface area contributed by atoms with E-state index in [1.54, 1.807) is 0 Å². The first-order valence-electron chi connectivity index (χ1n) is 50.1. The molecule has 0 fully saturated rings. The third kappa shape index (κ3) is 99.1. The Morgan fingerprint density at radius 1 is 0.232 bits per heavy atom. The second kappa shape index (κ2) is 97.7. The van der Waals surface area contributed by atoms with Crippen molar-refractivity contribution in [2.24, 2.45) is 0 Å². The number of hydrogen-bond acceptors (Lipinski definition) is 14. The smallest absolute Gasteiger partial charge is 0.463 e. The summed E-state index contributed by atoms with van der Waals surface area (Å²) >= 11 is 0. The molecule has 0 aliphatic carbocycles. The van der Waals surface area contributed by atoms with Crippen LogP contribution in [0.25, 0.3) is 0 Å². The van der Waals surface area contributed by atoms with Crippen LogP contribution in [0.2, 0.25) is 0 Å². The Hall–Kier alpha value is -5.35. The number of hydrogen-bond donors (Lipinski definition) is 4. The number of ether oxygens (including phenoxy) is 3. The maximum atomic E-state index is 13.1. The quantitative estimate of drug-likeness (QED) is 0.0146. The molecule has 0 aliphatic heterocycles. The van der Waals surface area contributed by atoms with E-state index < -0.39 is 91.5 Å². The number of carbonyl (C=O) groups excluding carboxylic acids is 3. The molecule has 0 radical (unpaired) electrons. The van der Waals surface area contributed by atoms with Crippen LogP contribution >= 0.6 is 15.6 Å². The lowest BCUT2D eigenvalue weighted by molar-refractivity contribution is -0.161. The zero-order valence-electron chi connectivity index (χ0n) is 79.2. The summed E-state index contributed by atoms with van der Waals surface area (Å²) in [4.78, 5) is 59.2. The molecule has 4 N–H and O–H groups in total. The highest BCUT2D eigenvalue weighted by molar-refractivity contribution is 7.47. The van der Waals surface area contributed by atoms with Crippen molar-refractivity contribution < 1.29 is 75.8 Å². The predicted molar refractivity (Wildman–Crippen MR) is 528 cm³/mol. The van der Waals surface area contributed by atoms with Crippen LogP contribution in [-0.4, -0.2) is 95.9 Å². The van der Waals surface area contributed by atoms with Crippen LogP contribution in [0.3, 0.4) is 0 Å². The molecule has 0 saturated carbocycles. The minimum atomic E-state index is -4.95. The zero-order valence-corrected chi connectivity index (χ0v) is 81.0. The highest BCUT2D eigenvalue weighted by Crippen LogP contribution is 2.45. The van der Waals surface area contributed by atoms with Gasteiger partial charge in [0.15, 0.2) is 6.10 Å². The van der Waals surface area contributed by atoms with Gasteiger partial charge in [0.05, 0.1) is 26.4 Å². The van der Waals surface area contributed by atoms with E-state index in [0.717, 1.165) is 173 Å². The molecular weight excluding hydrogens is 1600 g/mol. The Balaban J connectivity index is 4.58. The number of aliphatic hydroxyl groups excluding tert-OH is 2. The first-order valence-corrected chi connectivity index (χ1v) is 53.1. The topological polar surface area (TPSA) is 231 Å². The van der Waals surface area contributed by atoms with Crippen molar-refractivity contribution in [2.75, 3.05) is 39.6 Å². The fourth-order valence-electron chi connectivity index (χ4n) is 13.6. The molecule has 0 aromatic carbocycles. The van der Waals surface area contributed by atoms with E-state index in [1.807, 2.05) is 0 Å². The standard InChI is InChI=1S/C107H182O16P2/c1-4-7-10-13-16-19-22-25-28-31-34-37-40-43-45-47-48-49-50-51-52-54-56-58-60-63-66-69-72-75-78-81-84-87-90-93-105(110)117-96-102(108)97-119-124(113,114)120-98-103(109)99-121-125(115,116)122-101-104(123-107(112)95-92-89-86-83-80-77-74-71-68-65-62-57-42-39-36-33-30-27-24-21-18-15-12-9-6-3)100-118-106(111)94-91-88-85-82-79-76-73-70-67-64-61-59-55-53-46-44-41-38-35-32-29-26-23-20-17-14-11-8-5-2/h8-9,11-12,16-21,25-30,34-39,43-46,55,57,59,62,102-104,108-109H,4-7,10,13-15,22-24,31-33,40-42,47-54,56,58,60-61,63-101H2,1-3H3,(H,113,114)(H,115,116)/b11-8-,12-9-,19-16-,20-17-,21-18-,28-25-,29-26-,30-27-,37-34-,38-35-,39-36-,45-43-,46-44-,59-55-,62-57-. The lowest BCUT2D eigenvalue weighted by atomic mass is 10.0. The molecule has 5 unspecified atom stereocenters. The molecule has 5 atom stereocenters. The molecule has 16 nitrogen and oxygen atoms in total. The summed E-state index contributed by atoms with van der Waals surface area (Å²) in [6.07, 6.45) is 129. The van der Waals surface area contributed by atoms with Gasteiger partial charge in [-0.25, -0.2) is 9.13 Å². The van der Waals surface area contributed by atoms with Crippen LogP contribution in [0.15, 0.2) is 182 Å². The maximum Gasteiger partial charge on any atom is 0.472 e. The van der Waals surface area contributed by atoms with Gasteiger partial charge < -0.3 is 34.2 Å². The normalized spacial score (nSPS) is 14.5. The van der Waals surface area contributed by atoms with Crippen LogP contribution in [0.4, 0.5) is 0 Å². The molecule has 0 heterocycles. The van der Waals surface area contributed by atoms with Crippen molar-refractivity contribution >= 4 is 33.6 Å². The molecule has 18 heteroatoms. The van der Waals surface area contributed by atoms with Gasteiger partial charge in [-0.1, -0.05) is 421 Å². The Labute approximate surface area is 764 Å². The predicted octanol–water partition coefficient (Wildman–Crippen LogP) is 31.6. The van der Waals surface area contributed by atoms with Crippen LogP contribution in [0.1, 0.15) is 419 Å². The molecule has 0 amide bonds. The number of aliphatic hydroxyl groups is 2. The van der Waals surface area contributed by atoms with Crippen LogP contribution in [0.5, 0.6) is 0 Å². The minimum absolute atomic E-state index is 0.0908. The van der Waals surface area contributed by atoms with Gasteiger partial charge in [-0.2, -0.15) is 0 Å². The summed E-state index contributed by atoms with van der Waals surface area (Å²) in [6, 6.07) is 0. The molecule has 0 spiro atoms. The van der Waals surface area contributed by atoms with Gasteiger partial charge in [0.1, 0.15) is 25.4 Å². The number of esters is 3. The van der Waals surface area contributed by atoms with Crippen molar-refractivity contribution in [3.8, 4) is 0 Å². The largest absolute Gasteiger partial charge is 0.472 e. The van der Waals surface area contributed by atoms with E-state index in [2.05, 4.69) is 203 Å². The summed E-state index contributed by atoms with van der Waals surface area (Å²) in [5, 5.41) is 20.8. The van der Waals surface area contributed by atoms with E-state index in [1.165, 1.54) is 186 Å². The SMILES string of the molecule is CC/C=C\C/C=C\C/C=C\C/C=C\C/C=C\C/C=C\CCCCCCCCCCCCC(=O)OCC(COP(=O)(O)OCC(O)COP(=O)(O)OCC(O)COC(=O)CCCCCCCCCCCCCCCCCCCCC/C=C\C/C=C\C/C=C\C/C=C\CCCCC)OC(=O)CCCCCCCCCCC/C=C\C/C=C\C/C=C\C/C=C\C/C=C\CC. The highest BCUT2D eigenvalue weighted by Gasteiger charge is 2.30. The average molecular weight is 1790 g/mol. The number of allylic oxidation sites excluding steroid dienone is 30. The lowest BCUT2D eigenvalue weighted by Gasteiger charge is -2.21. The molecule has 0 saturated heterocycles. The molecular formula is C107H182O16P2. The molecule has 0 bridgehead atoms. The van der Waals surface area contributed by atoms with Crippen LogP contribution in [0, 0.1) is 0 Å². The van der Waals surface area contributed by atoms with Gasteiger partial charge in [0, 0.05) is 19.3 Å². The zero-order chi connectivity index (χ0) is 90.7. The number of unbranched alkanes of at least 4 members (excludes halogenated alkanes) is 41. The van der Waals surface area contributed by atoms with E-state index in [0.29, 0.717) is 19.3 Å². The van der Waals surface area contributed by atoms with Gasteiger partial charge >= 0.3 is 33.6 Å². The Kier molecular flexibility index (Phi) is 93.5. The molecule has 0 rings (SSSR count). The summed E-state index contributed by atoms with van der Waals surface area (Å²) in [5.41, 5.74) is 0. The number of rotatable bonds is 94. The number of carbonyl (C=O) groups is 3. The summed E-state index contributed by atoms with van der Waals surface area (Å²) in [6.45, 7) is 2.47. The van der Waals surface area contributed by atoms with E-state index in [-0.39, 0.29) is 19.3 Å². The third-order valence-electron chi connectivity index (χ3n) is 21.1. The maximum absolute atomic E-state index is 13.1. The minimum Gasteiger partial charge on any atom is -0.463 e. The van der Waals surface area contributed by atoms with Crippen molar-refractivity contribution in [1.29, 1.82) is 0 Å². The molecule has 0 aliphatic rings. The Morgan fingerprint density at radius 2 is 0.424 bits per heavy atom. The lowest BCUT2D eigenvalue weighted by Crippen LogP contribution is -2.30. The highest BCUT2D eigenvalue weighted by atomic mass is 31.2. The monoisotopic (exact) mass is 1790 g/mol. The number of phosphoric acid groups is 2. The Morgan fingerprint density at radius 3 is 0.672 bits per heavy atom. The van der Waals surface area contributed by atoms with Crippen molar-refractivity contribution in [1.82, 2.24) is 0 Å². The average Bonchev–Trinajstić information content (AvgIpc) is 0.909. The fraction of sp³-hybridized carbons (Fsp3) is 0.692. The molecule has 0 aromatic rings. The first-order chi connectivity index (χ1) is 61.2. The van der Waals surface area contributed by atoms with Gasteiger partial charge in [-0.15, -0.1) is 0 Å². The first kappa shape index (κ1) is 120. The van der Waals surface area contributed by atoms with Gasteiger partial charge in [-0.05, 0) is 161 Å². The van der Waals surface area contributed by atoms with Crippen LogP contribution < -0.4 is 0 Å². The second-order valence-electron chi connectivity index (χ2n) is 33.2. The number of phosphoric ester groups is 2. The van der Waals surface area contributed by atoms with E-state index in [9.17, 15) is 43.5 Å². The Bertz CT molecular complexity index is 3000. The fourth-order valence-corrected chi connectivity index (χ4v) is 15.2. The second-order valence-corrected chi connectivity index (χ2v) is 36.1. The summed E-state index contributed by atoms with van der Waals surface area (Å²) in [5.74, 6) is -1.58. The molecule has 716 valence electrons. The van der Waals surface area contributed by atoms with E-state index in [4.69, 9.17) is 32.3 Å². The van der Waals surface area contributed by atoms with Gasteiger partial charge in [0.2, 0.25) is 0 Å². The van der Waals surface area contributed by atoms with Crippen molar-refractivity contribution in [2.45, 2.75) is 437 Å². The summed E-state index contributed by atoms with van der Waals surface area (Å²) < 4.78 is 61.6. The molecule has 0 aromatic heterocycles. The summed E-state index contributed by atoms with van der Waals surface area (Å²) in [7, 11) is -9.82. The van der Waals surface area contributed by atoms with E-state index >= 15 is 0 Å². The molecule has 125 heavy (non-hydrogen) atoms. The van der Waals surface area contributed by atoms with Gasteiger partial charge in [0.25, 0.3) is 0 Å². The van der Waals surface area contributed by atoms with Crippen LogP contribution in [-0.2, 0) is 55.8 Å². The third-order valence-corrected chi connectivity index (χ3v) is 23.0. The van der Waals surface area contributed by atoms with Gasteiger partial charge in [-0.3, -0.25) is 32.5 Å². The van der Waals surface area contributed by atoms with Crippen molar-refractivity contribution in [3.05, 3.63) is 182 Å².